The predicted octanol–water partition coefficient (Wildman–Crippen LogP) is 3.20. The summed E-state index contributed by atoms with van der Waals surface area (Å²) in [5.74, 6) is 0.159. The van der Waals surface area contributed by atoms with E-state index in [1.54, 1.807) is 36.4 Å². The van der Waals surface area contributed by atoms with Crippen molar-refractivity contribution in [2.75, 3.05) is 10.6 Å². The molecule has 31 heavy (non-hydrogen) atoms. The SMILES string of the molecule is NS(=O)(=O)c1cc(NC(=O)Cc2ccccc2Cl)ccc1-c1cnc(NC2CC2)nc1. The lowest BCUT2D eigenvalue weighted by atomic mass is 10.1. The fraction of sp³-hybridized carbons (Fsp3) is 0.190. The molecule has 0 radical (unpaired) electrons. The molecule has 0 bridgehead atoms. The number of nitrogens with one attached hydrogen (secondary N) is 2. The minimum Gasteiger partial charge on any atom is -0.351 e. The van der Waals surface area contributed by atoms with E-state index >= 15 is 0 Å². The largest absolute Gasteiger partial charge is 0.351 e. The highest BCUT2D eigenvalue weighted by atomic mass is 35.5. The third-order valence-corrected chi connectivity index (χ3v) is 6.07. The topological polar surface area (TPSA) is 127 Å². The Bertz CT molecular complexity index is 1230. The first-order valence-corrected chi connectivity index (χ1v) is 11.5. The van der Waals surface area contributed by atoms with Gasteiger partial charge in [-0.1, -0.05) is 35.9 Å². The van der Waals surface area contributed by atoms with Crippen molar-refractivity contribution in [3.05, 3.63) is 65.4 Å². The lowest BCUT2D eigenvalue weighted by Crippen LogP contribution is -2.17. The molecule has 4 N–H and O–H groups in total. The van der Waals surface area contributed by atoms with Crippen molar-refractivity contribution in [2.24, 2.45) is 5.14 Å². The molecule has 10 heteroatoms. The van der Waals surface area contributed by atoms with Crippen LogP contribution < -0.4 is 15.8 Å². The Balaban J connectivity index is 1.57. The Morgan fingerprint density at radius 3 is 2.48 bits per heavy atom. The lowest BCUT2D eigenvalue weighted by Gasteiger charge is -2.12. The van der Waals surface area contributed by atoms with Crippen LogP contribution in [0.5, 0.6) is 0 Å². The number of hydrogen-bond acceptors (Lipinski definition) is 6. The van der Waals surface area contributed by atoms with Gasteiger partial charge in [0.2, 0.25) is 21.9 Å². The Kier molecular flexibility index (Phi) is 5.90. The smallest absolute Gasteiger partial charge is 0.238 e. The van der Waals surface area contributed by atoms with Gasteiger partial charge in [0, 0.05) is 40.3 Å². The molecule has 160 valence electrons. The van der Waals surface area contributed by atoms with E-state index in [9.17, 15) is 13.2 Å². The summed E-state index contributed by atoms with van der Waals surface area (Å²) < 4.78 is 24.4. The maximum absolute atomic E-state index is 12.4. The molecule has 0 saturated heterocycles. The van der Waals surface area contributed by atoms with E-state index < -0.39 is 10.0 Å². The van der Waals surface area contributed by atoms with E-state index in [0.29, 0.717) is 39.4 Å². The van der Waals surface area contributed by atoms with Gasteiger partial charge in [0.15, 0.2) is 0 Å². The van der Waals surface area contributed by atoms with Crippen LogP contribution in [0.1, 0.15) is 18.4 Å². The molecule has 1 fully saturated rings. The first-order valence-electron chi connectivity index (χ1n) is 9.58. The summed E-state index contributed by atoms with van der Waals surface area (Å²) in [5, 5.41) is 11.8. The predicted molar refractivity (Wildman–Crippen MR) is 119 cm³/mol. The van der Waals surface area contributed by atoms with Gasteiger partial charge in [-0.2, -0.15) is 0 Å². The number of rotatable bonds is 7. The summed E-state index contributed by atoms with van der Waals surface area (Å²) in [6, 6.07) is 11.9. The van der Waals surface area contributed by atoms with Crippen molar-refractivity contribution in [3.63, 3.8) is 0 Å². The first-order chi connectivity index (χ1) is 14.8. The third-order valence-electron chi connectivity index (χ3n) is 4.75. The van der Waals surface area contributed by atoms with Crippen molar-refractivity contribution in [3.8, 4) is 11.1 Å². The highest BCUT2D eigenvalue weighted by Gasteiger charge is 2.22. The van der Waals surface area contributed by atoms with Crippen molar-refractivity contribution in [1.29, 1.82) is 0 Å². The second-order valence-electron chi connectivity index (χ2n) is 7.29. The molecule has 0 aliphatic heterocycles. The molecule has 0 spiro atoms. The van der Waals surface area contributed by atoms with Gasteiger partial charge in [-0.05, 0) is 36.6 Å². The van der Waals surface area contributed by atoms with E-state index in [1.165, 1.54) is 18.5 Å². The number of benzene rings is 2. The molecule has 8 nitrogen and oxygen atoms in total. The van der Waals surface area contributed by atoms with Crippen LogP contribution >= 0.6 is 11.6 Å². The van der Waals surface area contributed by atoms with Crippen LogP contribution in [-0.4, -0.2) is 30.3 Å². The second-order valence-corrected chi connectivity index (χ2v) is 9.22. The van der Waals surface area contributed by atoms with Gasteiger partial charge in [0.25, 0.3) is 0 Å². The maximum Gasteiger partial charge on any atom is 0.238 e. The number of primary sulfonamides is 1. The molecule has 0 unspecified atom stereocenters. The van der Waals surface area contributed by atoms with Gasteiger partial charge in [-0.3, -0.25) is 4.79 Å². The molecule has 1 aliphatic rings. The quantitative estimate of drug-likeness (QED) is 0.500. The number of aromatic nitrogens is 2. The minimum absolute atomic E-state index is 0.0510. The molecule has 2 aromatic carbocycles. The maximum atomic E-state index is 12.4. The lowest BCUT2D eigenvalue weighted by molar-refractivity contribution is -0.115. The zero-order chi connectivity index (χ0) is 22.0. The van der Waals surface area contributed by atoms with Gasteiger partial charge >= 0.3 is 0 Å². The number of amides is 1. The molecule has 1 amide bonds. The fourth-order valence-electron chi connectivity index (χ4n) is 3.05. The van der Waals surface area contributed by atoms with Crippen LogP contribution in [0.25, 0.3) is 11.1 Å². The summed E-state index contributed by atoms with van der Waals surface area (Å²) in [6.45, 7) is 0. The fourth-order valence-corrected chi connectivity index (χ4v) is 4.03. The summed E-state index contributed by atoms with van der Waals surface area (Å²) in [6.07, 6.45) is 5.30. The van der Waals surface area contributed by atoms with Crippen LogP contribution in [0, 0.1) is 0 Å². The summed E-state index contributed by atoms with van der Waals surface area (Å²) in [5.41, 5.74) is 1.82. The highest BCUT2D eigenvalue weighted by Crippen LogP contribution is 2.30. The number of carbonyl (C=O) groups is 1. The standard InChI is InChI=1S/C21H20ClN5O3S/c22-18-4-2-1-3-13(18)9-20(28)26-16-7-8-17(19(10-16)31(23,29)30)14-11-24-21(25-12-14)27-15-5-6-15/h1-4,7-8,10-12,15H,5-6,9H2,(H,26,28)(H2,23,29,30)(H,24,25,27). The summed E-state index contributed by atoms with van der Waals surface area (Å²) in [4.78, 5) is 20.8. The second kappa shape index (κ2) is 8.62. The molecule has 1 heterocycles. The number of carbonyl (C=O) groups excluding carboxylic acids is 1. The average Bonchev–Trinajstić information content (AvgIpc) is 3.54. The molecule has 0 atom stereocenters. The minimum atomic E-state index is -4.07. The van der Waals surface area contributed by atoms with Gasteiger partial charge in [-0.25, -0.2) is 23.5 Å². The number of hydrogen-bond donors (Lipinski definition) is 3. The first kappa shape index (κ1) is 21.2. The van der Waals surface area contributed by atoms with E-state index in [1.807, 2.05) is 0 Å². The van der Waals surface area contributed by atoms with Gasteiger partial charge < -0.3 is 10.6 Å². The Labute approximate surface area is 184 Å². The molecule has 4 rings (SSSR count). The summed E-state index contributed by atoms with van der Waals surface area (Å²) >= 11 is 6.10. The van der Waals surface area contributed by atoms with E-state index in [4.69, 9.17) is 16.7 Å². The normalized spacial score (nSPS) is 13.6. The van der Waals surface area contributed by atoms with Crippen LogP contribution in [0.4, 0.5) is 11.6 Å². The van der Waals surface area contributed by atoms with Crippen molar-refractivity contribution in [1.82, 2.24) is 9.97 Å². The molecule has 1 aliphatic carbocycles. The Morgan fingerprint density at radius 2 is 1.84 bits per heavy atom. The number of sulfonamides is 1. The zero-order valence-electron chi connectivity index (χ0n) is 16.4. The highest BCUT2D eigenvalue weighted by molar-refractivity contribution is 7.89. The van der Waals surface area contributed by atoms with Crippen molar-refractivity contribution >= 4 is 39.2 Å². The van der Waals surface area contributed by atoms with Gasteiger partial charge in [0.1, 0.15) is 0 Å². The average molecular weight is 458 g/mol. The molecule has 3 aromatic rings. The van der Waals surface area contributed by atoms with Crippen LogP contribution in [0.15, 0.2) is 59.8 Å². The number of anilines is 2. The van der Waals surface area contributed by atoms with E-state index in [-0.39, 0.29) is 17.2 Å². The molecule has 1 saturated carbocycles. The van der Waals surface area contributed by atoms with Crippen molar-refractivity contribution < 1.29 is 13.2 Å². The van der Waals surface area contributed by atoms with Gasteiger partial charge in [0.05, 0.1) is 11.3 Å². The Morgan fingerprint density at radius 1 is 1.13 bits per heavy atom. The molecular formula is C21H20ClN5O3S. The van der Waals surface area contributed by atoms with E-state index in [2.05, 4.69) is 20.6 Å². The molecular weight excluding hydrogens is 438 g/mol. The Hall–Kier alpha value is -3.01. The number of nitrogens with two attached hydrogens (primary N) is 1. The monoisotopic (exact) mass is 457 g/mol. The van der Waals surface area contributed by atoms with Gasteiger partial charge in [-0.15, -0.1) is 0 Å². The third kappa shape index (κ3) is 5.38. The van der Waals surface area contributed by atoms with Crippen molar-refractivity contribution in [2.45, 2.75) is 30.2 Å². The number of nitrogens with zero attached hydrogens (tertiary/aromatic N) is 2. The van der Waals surface area contributed by atoms with E-state index in [0.717, 1.165) is 12.8 Å². The molecule has 1 aromatic heterocycles. The summed E-state index contributed by atoms with van der Waals surface area (Å²) in [7, 11) is -4.07. The zero-order valence-corrected chi connectivity index (χ0v) is 17.9. The van der Waals surface area contributed by atoms with Crippen LogP contribution in [-0.2, 0) is 21.2 Å². The number of halogens is 1. The van der Waals surface area contributed by atoms with Crippen LogP contribution in [0.3, 0.4) is 0 Å². The van der Waals surface area contributed by atoms with Crippen LogP contribution in [0.2, 0.25) is 5.02 Å².